The molecule has 0 saturated carbocycles. The highest BCUT2D eigenvalue weighted by molar-refractivity contribution is 5.68. The summed E-state index contributed by atoms with van der Waals surface area (Å²) >= 11 is 0. The fourth-order valence-electron chi connectivity index (χ4n) is 2.31. The summed E-state index contributed by atoms with van der Waals surface area (Å²) in [7, 11) is 0. The molecule has 4 nitrogen and oxygen atoms in total. The molecule has 0 N–H and O–H groups in total. The van der Waals surface area contributed by atoms with Crippen LogP contribution in [0.15, 0.2) is 0 Å². The fourth-order valence-corrected chi connectivity index (χ4v) is 2.31. The molecule has 0 spiro atoms. The second kappa shape index (κ2) is 5.60. The van der Waals surface area contributed by atoms with Gasteiger partial charge in [0.1, 0.15) is 5.60 Å². The highest BCUT2D eigenvalue weighted by Crippen LogP contribution is 2.38. The van der Waals surface area contributed by atoms with Crippen LogP contribution in [0.5, 0.6) is 0 Å². The van der Waals surface area contributed by atoms with Crippen molar-refractivity contribution in [3.63, 3.8) is 0 Å². The van der Waals surface area contributed by atoms with Crippen molar-refractivity contribution in [1.29, 1.82) is 5.26 Å². The zero-order chi connectivity index (χ0) is 13.8. The first-order valence-electron chi connectivity index (χ1n) is 6.67. The summed E-state index contributed by atoms with van der Waals surface area (Å²) in [6.07, 6.45) is 3.16. The van der Waals surface area contributed by atoms with Crippen LogP contribution in [0.25, 0.3) is 0 Å². The number of likely N-dealkylation sites (tertiary alicyclic amines) is 1. The van der Waals surface area contributed by atoms with Gasteiger partial charge in [-0.2, -0.15) is 5.26 Å². The van der Waals surface area contributed by atoms with Gasteiger partial charge in [-0.1, -0.05) is 6.92 Å². The number of nitrogens with zero attached hydrogens (tertiary/aromatic N) is 2. The maximum absolute atomic E-state index is 11.9. The molecule has 0 atom stereocenters. The van der Waals surface area contributed by atoms with Gasteiger partial charge in [0.25, 0.3) is 0 Å². The number of piperidine rings is 1. The Morgan fingerprint density at radius 3 is 2.33 bits per heavy atom. The largest absolute Gasteiger partial charge is 0.444 e. The molecule has 18 heavy (non-hydrogen) atoms. The molecule has 0 radical (unpaired) electrons. The standard InChI is InChI=1S/C14H24N2O2/c1-5-14(6-9-15)7-10-16(11-8-14)12(17)18-13(2,3)4/h5-8,10-11H2,1-4H3. The SMILES string of the molecule is CCC1(CC#N)CCN(C(=O)OC(C)(C)C)CC1. The van der Waals surface area contributed by atoms with Gasteiger partial charge in [-0.15, -0.1) is 0 Å². The van der Waals surface area contributed by atoms with E-state index in [4.69, 9.17) is 10.00 Å². The molecule has 1 aliphatic heterocycles. The van der Waals surface area contributed by atoms with Gasteiger partial charge < -0.3 is 9.64 Å². The first-order chi connectivity index (χ1) is 8.32. The van der Waals surface area contributed by atoms with Crippen molar-refractivity contribution in [3.05, 3.63) is 0 Å². The third kappa shape index (κ3) is 3.90. The summed E-state index contributed by atoms with van der Waals surface area (Å²) in [4.78, 5) is 13.7. The molecule has 0 aliphatic carbocycles. The van der Waals surface area contributed by atoms with Crippen molar-refractivity contribution in [2.75, 3.05) is 13.1 Å². The number of hydrogen-bond acceptors (Lipinski definition) is 3. The minimum absolute atomic E-state index is 0.104. The van der Waals surface area contributed by atoms with Gasteiger partial charge in [-0.25, -0.2) is 4.79 Å². The molecule has 1 rings (SSSR count). The van der Waals surface area contributed by atoms with Gasteiger partial charge in [-0.3, -0.25) is 0 Å². The average molecular weight is 252 g/mol. The van der Waals surface area contributed by atoms with Crippen LogP contribution in [0.4, 0.5) is 4.79 Å². The van der Waals surface area contributed by atoms with Gasteiger partial charge in [0, 0.05) is 19.5 Å². The van der Waals surface area contributed by atoms with Crippen LogP contribution in [0, 0.1) is 16.7 Å². The topological polar surface area (TPSA) is 53.3 Å². The molecule has 4 heteroatoms. The van der Waals surface area contributed by atoms with Gasteiger partial charge in [0.2, 0.25) is 0 Å². The number of carbonyl (C=O) groups is 1. The molecular formula is C14H24N2O2. The number of amides is 1. The zero-order valence-electron chi connectivity index (χ0n) is 12.0. The molecule has 0 aromatic rings. The molecule has 0 aromatic heterocycles. The Labute approximate surface area is 110 Å². The average Bonchev–Trinajstić information content (AvgIpc) is 2.28. The molecule has 0 bridgehead atoms. The van der Waals surface area contributed by atoms with Crippen molar-refractivity contribution in [2.45, 2.75) is 59.0 Å². The first-order valence-corrected chi connectivity index (χ1v) is 6.67. The van der Waals surface area contributed by atoms with E-state index in [2.05, 4.69) is 13.0 Å². The summed E-state index contributed by atoms with van der Waals surface area (Å²) in [5.41, 5.74) is -0.337. The van der Waals surface area contributed by atoms with Crippen LogP contribution in [-0.2, 0) is 4.74 Å². The summed E-state index contributed by atoms with van der Waals surface area (Å²) in [5.74, 6) is 0. The first kappa shape index (κ1) is 14.8. The van der Waals surface area contributed by atoms with Crippen molar-refractivity contribution in [2.24, 2.45) is 5.41 Å². The summed E-state index contributed by atoms with van der Waals surface area (Å²) in [5, 5.41) is 8.89. The molecular weight excluding hydrogens is 228 g/mol. The second-order valence-electron chi connectivity index (χ2n) is 6.16. The molecule has 1 aliphatic rings. The molecule has 0 aromatic carbocycles. The third-order valence-corrected chi connectivity index (χ3v) is 3.68. The monoisotopic (exact) mass is 252 g/mol. The highest BCUT2D eigenvalue weighted by atomic mass is 16.6. The minimum atomic E-state index is -0.441. The Hall–Kier alpha value is -1.24. The Bertz CT molecular complexity index is 331. The Balaban J connectivity index is 2.53. The van der Waals surface area contributed by atoms with Crippen LogP contribution >= 0.6 is 0 Å². The lowest BCUT2D eigenvalue weighted by atomic mass is 9.74. The Kier molecular flexibility index (Phi) is 4.61. The van der Waals surface area contributed by atoms with E-state index in [0.717, 1.165) is 19.3 Å². The van der Waals surface area contributed by atoms with Crippen molar-refractivity contribution in [1.82, 2.24) is 4.90 Å². The van der Waals surface area contributed by atoms with Crippen LogP contribution in [0.3, 0.4) is 0 Å². The van der Waals surface area contributed by atoms with E-state index < -0.39 is 5.60 Å². The number of nitriles is 1. The highest BCUT2D eigenvalue weighted by Gasteiger charge is 2.35. The Morgan fingerprint density at radius 1 is 1.39 bits per heavy atom. The predicted molar refractivity (Wildman–Crippen MR) is 70.0 cm³/mol. The normalized spacial score (nSPS) is 19.2. The van der Waals surface area contributed by atoms with Crippen molar-refractivity contribution < 1.29 is 9.53 Å². The van der Waals surface area contributed by atoms with Crippen LogP contribution < -0.4 is 0 Å². The van der Waals surface area contributed by atoms with Crippen LogP contribution in [0.2, 0.25) is 0 Å². The van der Waals surface area contributed by atoms with E-state index in [0.29, 0.717) is 19.5 Å². The maximum Gasteiger partial charge on any atom is 0.410 e. The lowest BCUT2D eigenvalue weighted by molar-refractivity contribution is 0.00996. The minimum Gasteiger partial charge on any atom is -0.444 e. The van der Waals surface area contributed by atoms with E-state index >= 15 is 0 Å². The van der Waals surface area contributed by atoms with Crippen LogP contribution in [-0.4, -0.2) is 29.7 Å². The molecule has 1 saturated heterocycles. The van der Waals surface area contributed by atoms with E-state index in [1.807, 2.05) is 20.8 Å². The lowest BCUT2D eigenvalue weighted by Gasteiger charge is -2.40. The molecule has 1 heterocycles. The lowest BCUT2D eigenvalue weighted by Crippen LogP contribution is -2.45. The molecule has 102 valence electrons. The smallest absolute Gasteiger partial charge is 0.410 e. The fraction of sp³-hybridized carbons (Fsp3) is 0.857. The van der Waals surface area contributed by atoms with E-state index in [1.54, 1.807) is 4.90 Å². The van der Waals surface area contributed by atoms with Crippen LogP contribution in [0.1, 0.15) is 53.4 Å². The van der Waals surface area contributed by atoms with Gasteiger partial charge in [0.05, 0.1) is 6.07 Å². The van der Waals surface area contributed by atoms with E-state index in [-0.39, 0.29) is 11.5 Å². The zero-order valence-corrected chi connectivity index (χ0v) is 12.0. The van der Waals surface area contributed by atoms with Crippen molar-refractivity contribution >= 4 is 6.09 Å². The van der Waals surface area contributed by atoms with Gasteiger partial charge >= 0.3 is 6.09 Å². The molecule has 1 fully saturated rings. The summed E-state index contributed by atoms with van der Waals surface area (Å²) in [6.45, 7) is 9.15. The maximum atomic E-state index is 11.9. The number of rotatable bonds is 2. The van der Waals surface area contributed by atoms with Crippen molar-refractivity contribution in [3.8, 4) is 6.07 Å². The van der Waals surface area contributed by atoms with Gasteiger partial charge in [0.15, 0.2) is 0 Å². The van der Waals surface area contributed by atoms with E-state index in [9.17, 15) is 4.79 Å². The third-order valence-electron chi connectivity index (χ3n) is 3.68. The molecule has 0 unspecified atom stereocenters. The molecule has 1 amide bonds. The number of hydrogen-bond donors (Lipinski definition) is 0. The summed E-state index contributed by atoms with van der Waals surface area (Å²) in [6, 6.07) is 2.28. The number of ether oxygens (including phenoxy) is 1. The summed E-state index contributed by atoms with van der Waals surface area (Å²) < 4.78 is 5.36. The van der Waals surface area contributed by atoms with Gasteiger partial charge in [-0.05, 0) is 45.4 Å². The predicted octanol–water partition coefficient (Wildman–Crippen LogP) is 3.33. The van der Waals surface area contributed by atoms with E-state index in [1.165, 1.54) is 0 Å². The Morgan fingerprint density at radius 2 is 1.94 bits per heavy atom. The second-order valence-corrected chi connectivity index (χ2v) is 6.16. The number of carbonyl (C=O) groups excluding carboxylic acids is 1. The quantitative estimate of drug-likeness (QED) is 0.757.